The Labute approximate surface area is 179 Å². The van der Waals surface area contributed by atoms with Gasteiger partial charge in [0.05, 0.1) is 6.54 Å². The predicted octanol–water partition coefficient (Wildman–Crippen LogP) is 3.72. The van der Waals surface area contributed by atoms with Crippen molar-refractivity contribution in [3.8, 4) is 0 Å². The predicted molar refractivity (Wildman–Crippen MR) is 127 cm³/mol. The summed E-state index contributed by atoms with van der Waals surface area (Å²) >= 11 is 0. The summed E-state index contributed by atoms with van der Waals surface area (Å²) in [6.07, 6.45) is 8.75. The van der Waals surface area contributed by atoms with Gasteiger partial charge >= 0.3 is 0 Å². The number of aliphatic hydroxyl groups excluding tert-OH is 1. The standard InChI is InChI=1S/C25H30N4O/c1-28-11-13-29(14-12-28)24-9-7-23(8-10-24)27-19-22-18-26-17-21-6-5-20(16-25(21)22)4-2-3-15-30/h2,4-10,16-17,19,27,30H,3,11-15,18H2,1H3. The lowest BCUT2D eigenvalue weighted by atomic mass is 9.96. The molecule has 156 valence electrons. The van der Waals surface area contributed by atoms with Crippen LogP contribution in [0.25, 0.3) is 11.6 Å². The van der Waals surface area contributed by atoms with Crippen molar-refractivity contribution in [1.29, 1.82) is 0 Å². The summed E-state index contributed by atoms with van der Waals surface area (Å²) < 4.78 is 0. The van der Waals surface area contributed by atoms with E-state index in [1.807, 2.05) is 12.3 Å². The Balaban J connectivity index is 1.45. The molecule has 30 heavy (non-hydrogen) atoms. The maximum Gasteiger partial charge on any atom is 0.0660 e. The first-order valence-electron chi connectivity index (χ1n) is 10.6. The first kappa shape index (κ1) is 20.4. The van der Waals surface area contributed by atoms with E-state index in [0.29, 0.717) is 13.0 Å². The van der Waals surface area contributed by atoms with Crippen molar-refractivity contribution < 1.29 is 5.11 Å². The second kappa shape index (κ2) is 9.74. The van der Waals surface area contributed by atoms with Crippen molar-refractivity contribution in [3.05, 3.63) is 71.4 Å². The zero-order valence-corrected chi connectivity index (χ0v) is 17.6. The molecule has 0 saturated carbocycles. The molecule has 2 heterocycles. The number of hydrogen-bond acceptors (Lipinski definition) is 5. The van der Waals surface area contributed by atoms with E-state index in [1.165, 1.54) is 16.8 Å². The van der Waals surface area contributed by atoms with Gasteiger partial charge in [0.2, 0.25) is 0 Å². The van der Waals surface area contributed by atoms with Gasteiger partial charge < -0.3 is 20.2 Å². The van der Waals surface area contributed by atoms with Gasteiger partial charge in [0.1, 0.15) is 0 Å². The number of anilines is 2. The van der Waals surface area contributed by atoms with E-state index in [-0.39, 0.29) is 6.61 Å². The molecule has 2 aliphatic rings. The number of piperazine rings is 1. The van der Waals surface area contributed by atoms with Crippen LogP contribution in [0.4, 0.5) is 11.4 Å². The van der Waals surface area contributed by atoms with Crippen LogP contribution in [0.5, 0.6) is 0 Å². The van der Waals surface area contributed by atoms with E-state index >= 15 is 0 Å². The van der Waals surface area contributed by atoms with Crippen molar-refractivity contribution in [2.24, 2.45) is 4.99 Å². The molecule has 2 N–H and O–H groups in total. The number of nitrogens with zero attached hydrogens (tertiary/aromatic N) is 3. The van der Waals surface area contributed by atoms with Gasteiger partial charge in [-0.05, 0) is 66.1 Å². The van der Waals surface area contributed by atoms with Crippen molar-refractivity contribution in [1.82, 2.24) is 4.90 Å². The topological polar surface area (TPSA) is 51.1 Å². The molecular weight excluding hydrogens is 372 g/mol. The molecule has 0 unspecified atom stereocenters. The van der Waals surface area contributed by atoms with Gasteiger partial charge in [0.15, 0.2) is 0 Å². The lowest BCUT2D eigenvalue weighted by molar-refractivity contribution is 0.303. The van der Waals surface area contributed by atoms with E-state index in [2.05, 4.69) is 81.9 Å². The Kier molecular flexibility index (Phi) is 6.62. The molecule has 2 aromatic rings. The molecule has 1 saturated heterocycles. The highest BCUT2D eigenvalue weighted by Crippen LogP contribution is 2.25. The van der Waals surface area contributed by atoms with Gasteiger partial charge in [-0.25, -0.2) is 0 Å². The van der Waals surface area contributed by atoms with Crippen LogP contribution in [0.3, 0.4) is 0 Å². The van der Waals surface area contributed by atoms with Crippen LogP contribution < -0.4 is 10.2 Å². The first-order chi connectivity index (χ1) is 14.7. The molecule has 0 radical (unpaired) electrons. The highest BCUT2D eigenvalue weighted by Gasteiger charge is 2.14. The molecule has 4 rings (SSSR count). The Bertz CT molecular complexity index is 938. The van der Waals surface area contributed by atoms with Gasteiger partial charge in [-0.15, -0.1) is 0 Å². The Morgan fingerprint density at radius 3 is 2.63 bits per heavy atom. The van der Waals surface area contributed by atoms with E-state index in [4.69, 9.17) is 5.11 Å². The second-order valence-corrected chi connectivity index (χ2v) is 7.88. The molecule has 2 aliphatic heterocycles. The van der Waals surface area contributed by atoms with Crippen molar-refractivity contribution in [2.75, 3.05) is 56.6 Å². The number of aliphatic imine (C=N–C) groups is 1. The molecule has 5 heteroatoms. The van der Waals surface area contributed by atoms with Gasteiger partial charge in [-0.3, -0.25) is 4.99 Å². The summed E-state index contributed by atoms with van der Waals surface area (Å²) in [7, 11) is 2.18. The minimum absolute atomic E-state index is 0.177. The van der Waals surface area contributed by atoms with Gasteiger partial charge in [-0.2, -0.15) is 0 Å². The molecule has 5 nitrogen and oxygen atoms in total. The van der Waals surface area contributed by atoms with Crippen LogP contribution in [0.1, 0.15) is 23.1 Å². The van der Waals surface area contributed by atoms with E-state index in [0.717, 1.165) is 43.0 Å². The number of rotatable bonds is 6. The van der Waals surface area contributed by atoms with Crippen molar-refractivity contribution >= 4 is 29.2 Å². The van der Waals surface area contributed by atoms with Crippen molar-refractivity contribution in [2.45, 2.75) is 6.42 Å². The third-order valence-electron chi connectivity index (χ3n) is 5.67. The highest BCUT2D eigenvalue weighted by molar-refractivity contribution is 5.93. The summed E-state index contributed by atoms with van der Waals surface area (Å²) in [6, 6.07) is 15.1. The molecular formula is C25H30N4O. The maximum atomic E-state index is 8.97. The minimum Gasteiger partial charge on any atom is -0.396 e. The molecule has 0 spiro atoms. The van der Waals surface area contributed by atoms with Crippen LogP contribution in [0, 0.1) is 0 Å². The van der Waals surface area contributed by atoms with E-state index in [1.54, 1.807) is 0 Å². The minimum atomic E-state index is 0.177. The van der Waals surface area contributed by atoms with E-state index in [9.17, 15) is 0 Å². The Morgan fingerprint density at radius 1 is 1.07 bits per heavy atom. The fourth-order valence-corrected chi connectivity index (χ4v) is 3.82. The summed E-state index contributed by atoms with van der Waals surface area (Å²) in [5, 5.41) is 12.4. The zero-order valence-electron chi connectivity index (χ0n) is 17.6. The third kappa shape index (κ3) is 4.99. The quantitative estimate of drug-likeness (QED) is 0.773. The summed E-state index contributed by atoms with van der Waals surface area (Å²) in [5.41, 5.74) is 7.02. The zero-order chi connectivity index (χ0) is 20.8. The normalized spacial score (nSPS) is 18.2. The van der Waals surface area contributed by atoms with Gasteiger partial charge in [0.25, 0.3) is 0 Å². The van der Waals surface area contributed by atoms with Crippen molar-refractivity contribution in [3.63, 3.8) is 0 Å². The molecule has 0 bridgehead atoms. The number of hydrogen-bond donors (Lipinski definition) is 2. The second-order valence-electron chi connectivity index (χ2n) is 7.88. The van der Waals surface area contributed by atoms with Crippen LogP contribution in [0.15, 0.2) is 59.7 Å². The summed E-state index contributed by atoms with van der Waals surface area (Å²) in [4.78, 5) is 9.32. The molecule has 0 aliphatic carbocycles. The summed E-state index contributed by atoms with van der Waals surface area (Å²) in [6.45, 7) is 5.24. The number of fused-ring (bicyclic) bond motifs is 1. The fraction of sp³-hybridized carbons (Fsp3) is 0.320. The smallest absolute Gasteiger partial charge is 0.0660 e. The first-order valence-corrected chi connectivity index (χ1v) is 10.6. The third-order valence-corrected chi connectivity index (χ3v) is 5.67. The molecule has 2 aromatic carbocycles. The maximum absolute atomic E-state index is 8.97. The molecule has 0 amide bonds. The Morgan fingerprint density at radius 2 is 1.87 bits per heavy atom. The molecule has 0 aromatic heterocycles. The highest BCUT2D eigenvalue weighted by atomic mass is 16.2. The average molecular weight is 403 g/mol. The lowest BCUT2D eigenvalue weighted by Gasteiger charge is -2.34. The number of benzene rings is 2. The Hall–Kier alpha value is -2.89. The number of likely N-dealkylation sites (N-methyl/N-ethyl adjacent to an activating group) is 1. The fourth-order valence-electron chi connectivity index (χ4n) is 3.82. The SMILES string of the molecule is CN1CCN(c2ccc(NC=C3CN=Cc4ccc(C=CCCO)cc43)cc2)CC1. The van der Waals surface area contributed by atoms with Crippen LogP contribution >= 0.6 is 0 Å². The average Bonchev–Trinajstić information content (AvgIpc) is 2.79. The van der Waals surface area contributed by atoms with Crippen LogP contribution in [-0.4, -0.2) is 62.6 Å². The number of nitrogens with one attached hydrogen (secondary N) is 1. The monoisotopic (exact) mass is 402 g/mol. The van der Waals surface area contributed by atoms with Gasteiger partial charge in [0, 0.05) is 56.6 Å². The van der Waals surface area contributed by atoms with Gasteiger partial charge in [-0.1, -0.05) is 24.3 Å². The summed E-state index contributed by atoms with van der Waals surface area (Å²) in [5.74, 6) is 0. The van der Waals surface area contributed by atoms with Crippen LogP contribution in [-0.2, 0) is 0 Å². The van der Waals surface area contributed by atoms with E-state index < -0.39 is 0 Å². The van der Waals surface area contributed by atoms with Crippen LogP contribution in [0.2, 0.25) is 0 Å². The lowest BCUT2D eigenvalue weighted by Crippen LogP contribution is -2.44. The largest absolute Gasteiger partial charge is 0.396 e. The molecule has 0 atom stereocenters. The molecule has 1 fully saturated rings. The number of aliphatic hydroxyl groups is 1.